The van der Waals surface area contributed by atoms with Crippen molar-refractivity contribution in [2.24, 2.45) is 5.73 Å². The Morgan fingerprint density at radius 2 is 2.20 bits per heavy atom. The smallest absolute Gasteiger partial charge is 0.271 e. The zero-order valence-corrected chi connectivity index (χ0v) is 13.7. The molecule has 0 aliphatic carbocycles. The van der Waals surface area contributed by atoms with E-state index in [2.05, 4.69) is 26.2 Å². The number of thiazole rings is 1. The summed E-state index contributed by atoms with van der Waals surface area (Å²) in [6, 6.07) is 7.63. The van der Waals surface area contributed by atoms with Gasteiger partial charge < -0.3 is 11.1 Å². The first-order valence-corrected chi connectivity index (χ1v) is 7.92. The maximum atomic E-state index is 12.1. The van der Waals surface area contributed by atoms with Crippen LogP contribution in [0.3, 0.4) is 0 Å². The van der Waals surface area contributed by atoms with Gasteiger partial charge in [-0.15, -0.1) is 11.3 Å². The number of hydrogen-bond acceptors (Lipinski definition) is 4. The number of nitrogens with two attached hydrogens (primary N) is 1. The van der Waals surface area contributed by atoms with Gasteiger partial charge in [-0.1, -0.05) is 28.1 Å². The van der Waals surface area contributed by atoms with Crippen molar-refractivity contribution in [2.45, 2.75) is 25.9 Å². The predicted octanol–water partition coefficient (Wildman–Crippen LogP) is 3.42. The molecule has 20 heavy (non-hydrogen) atoms. The van der Waals surface area contributed by atoms with E-state index in [-0.39, 0.29) is 18.0 Å². The molecule has 4 nitrogen and oxygen atoms in total. The second kappa shape index (κ2) is 6.47. The molecule has 1 aromatic carbocycles. The highest BCUT2D eigenvalue weighted by Crippen LogP contribution is 2.19. The van der Waals surface area contributed by atoms with Crippen molar-refractivity contribution in [1.82, 2.24) is 10.3 Å². The third-order valence-electron chi connectivity index (χ3n) is 2.84. The molecule has 2 atom stereocenters. The average molecular weight is 354 g/mol. The fourth-order valence-electron chi connectivity index (χ4n) is 1.73. The fourth-order valence-corrected chi connectivity index (χ4v) is 2.91. The first kappa shape index (κ1) is 15.2. The third kappa shape index (κ3) is 3.65. The van der Waals surface area contributed by atoms with E-state index in [0.29, 0.717) is 5.69 Å². The molecule has 0 aliphatic rings. The molecule has 2 unspecified atom stereocenters. The maximum absolute atomic E-state index is 12.1. The summed E-state index contributed by atoms with van der Waals surface area (Å²) >= 11 is 4.83. The molecule has 2 aromatic rings. The number of amides is 1. The molecule has 3 N–H and O–H groups in total. The summed E-state index contributed by atoms with van der Waals surface area (Å²) in [4.78, 5) is 16.4. The van der Waals surface area contributed by atoms with E-state index < -0.39 is 0 Å². The molecule has 0 fully saturated rings. The van der Waals surface area contributed by atoms with E-state index in [4.69, 9.17) is 5.73 Å². The lowest BCUT2D eigenvalue weighted by atomic mass is 10.1. The van der Waals surface area contributed by atoms with Crippen molar-refractivity contribution in [3.05, 3.63) is 50.4 Å². The topological polar surface area (TPSA) is 68.0 Å². The van der Waals surface area contributed by atoms with Gasteiger partial charge in [0.1, 0.15) is 10.7 Å². The number of rotatable bonds is 4. The Bertz CT molecular complexity index is 612. The normalized spacial score (nSPS) is 13.8. The van der Waals surface area contributed by atoms with Crippen molar-refractivity contribution in [1.29, 1.82) is 0 Å². The van der Waals surface area contributed by atoms with Crippen molar-refractivity contribution in [3.63, 3.8) is 0 Å². The Morgan fingerprint density at radius 1 is 1.45 bits per heavy atom. The summed E-state index contributed by atoms with van der Waals surface area (Å²) < 4.78 is 0.990. The minimum atomic E-state index is -0.180. The third-order valence-corrected chi connectivity index (χ3v) is 4.38. The lowest BCUT2D eigenvalue weighted by molar-refractivity contribution is 0.0935. The lowest BCUT2D eigenvalue weighted by Gasteiger charge is -2.13. The highest BCUT2D eigenvalue weighted by Gasteiger charge is 2.15. The largest absolute Gasteiger partial charge is 0.344 e. The summed E-state index contributed by atoms with van der Waals surface area (Å²) in [5.41, 5.74) is 7.21. The van der Waals surface area contributed by atoms with Crippen molar-refractivity contribution in [2.75, 3.05) is 0 Å². The molecule has 2 rings (SSSR count). The van der Waals surface area contributed by atoms with Crippen molar-refractivity contribution >= 4 is 33.2 Å². The van der Waals surface area contributed by atoms with E-state index in [1.165, 1.54) is 11.3 Å². The minimum absolute atomic E-state index is 0.0829. The van der Waals surface area contributed by atoms with Crippen LogP contribution < -0.4 is 11.1 Å². The van der Waals surface area contributed by atoms with Crippen LogP contribution in [-0.2, 0) is 0 Å². The highest BCUT2D eigenvalue weighted by atomic mass is 79.9. The van der Waals surface area contributed by atoms with Gasteiger partial charge in [0.05, 0.1) is 12.1 Å². The summed E-state index contributed by atoms with van der Waals surface area (Å²) in [6.07, 6.45) is 0. The van der Waals surface area contributed by atoms with Gasteiger partial charge in [0.15, 0.2) is 0 Å². The van der Waals surface area contributed by atoms with Gasteiger partial charge in [0.2, 0.25) is 0 Å². The fraction of sp³-hybridized carbons (Fsp3) is 0.286. The Hall–Kier alpha value is -1.24. The minimum Gasteiger partial charge on any atom is -0.344 e. The molecule has 6 heteroatoms. The lowest BCUT2D eigenvalue weighted by Crippen LogP contribution is -2.27. The monoisotopic (exact) mass is 353 g/mol. The second-order valence-corrected chi connectivity index (χ2v) is 6.42. The molecule has 106 valence electrons. The molecular weight excluding hydrogens is 338 g/mol. The molecule has 1 heterocycles. The molecule has 0 radical (unpaired) electrons. The van der Waals surface area contributed by atoms with E-state index in [9.17, 15) is 4.79 Å². The number of carbonyl (C=O) groups is 1. The molecule has 0 saturated carbocycles. The molecular formula is C14H16BrN3OS. The maximum Gasteiger partial charge on any atom is 0.271 e. The number of hydrogen-bond donors (Lipinski definition) is 2. The van der Waals surface area contributed by atoms with Crippen LogP contribution in [0.2, 0.25) is 0 Å². The zero-order chi connectivity index (χ0) is 14.7. The standard InChI is InChI=1S/C14H16BrN3OS/c1-8(16)14-18-12(7-20-14)13(19)17-9(2)10-4-3-5-11(15)6-10/h3-9H,16H2,1-2H3,(H,17,19). The van der Waals surface area contributed by atoms with Gasteiger partial charge in [-0.3, -0.25) is 4.79 Å². The van der Waals surface area contributed by atoms with Crippen molar-refractivity contribution in [3.8, 4) is 0 Å². The number of nitrogens with one attached hydrogen (secondary N) is 1. The number of benzene rings is 1. The summed E-state index contributed by atoms with van der Waals surface area (Å²) in [5.74, 6) is -0.180. The molecule has 0 aliphatic heterocycles. The summed E-state index contributed by atoms with van der Waals surface area (Å²) in [7, 11) is 0. The molecule has 1 aromatic heterocycles. The molecule has 0 bridgehead atoms. The molecule has 1 amide bonds. The van der Waals surface area contributed by atoms with Crippen LogP contribution in [0.5, 0.6) is 0 Å². The van der Waals surface area contributed by atoms with Crippen LogP contribution in [-0.4, -0.2) is 10.9 Å². The SMILES string of the molecule is CC(N)c1nc(C(=O)NC(C)c2cccc(Br)c2)cs1. The van der Waals surface area contributed by atoms with Crippen LogP contribution in [0, 0.1) is 0 Å². The molecule has 0 spiro atoms. The van der Waals surface area contributed by atoms with Gasteiger partial charge >= 0.3 is 0 Å². The summed E-state index contributed by atoms with van der Waals surface area (Å²) in [6.45, 7) is 3.79. The number of halogens is 1. The first-order valence-electron chi connectivity index (χ1n) is 6.24. The second-order valence-electron chi connectivity index (χ2n) is 4.61. The van der Waals surface area contributed by atoms with Gasteiger partial charge in [0, 0.05) is 9.85 Å². The van der Waals surface area contributed by atoms with Crippen molar-refractivity contribution < 1.29 is 4.79 Å². The predicted molar refractivity (Wildman–Crippen MR) is 84.7 cm³/mol. The highest BCUT2D eigenvalue weighted by molar-refractivity contribution is 9.10. The van der Waals surface area contributed by atoms with Gasteiger partial charge in [-0.2, -0.15) is 0 Å². The zero-order valence-electron chi connectivity index (χ0n) is 11.3. The Labute approximate surface area is 130 Å². The van der Waals surface area contributed by atoms with E-state index in [0.717, 1.165) is 15.0 Å². The van der Waals surface area contributed by atoms with Crippen LogP contribution in [0.15, 0.2) is 34.1 Å². The van der Waals surface area contributed by atoms with E-state index in [1.54, 1.807) is 5.38 Å². The van der Waals surface area contributed by atoms with E-state index >= 15 is 0 Å². The number of carbonyl (C=O) groups excluding carboxylic acids is 1. The average Bonchev–Trinajstić information content (AvgIpc) is 2.88. The van der Waals surface area contributed by atoms with Crippen LogP contribution in [0.4, 0.5) is 0 Å². The van der Waals surface area contributed by atoms with Crippen LogP contribution in [0.25, 0.3) is 0 Å². The number of nitrogens with zero attached hydrogens (tertiary/aromatic N) is 1. The summed E-state index contributed by atoms with van der Waals surface area (Å²) in [5, 5.41) is 5.44. The van der Waals surface area contributed by atoms with Crippen LogP contribution >= 0.6 is 27.3 Å². The Balaban J connectivity index is 2.07. The van der Waals surface area contributed by atoms with Gasteiger partial charge in [0.25, 0.3) is 5.91 Å². The number of aromatic nitrogens is 1. The Morgan fingerprint density at radius 3 is 2.80 bits per heavy atom. The quantitative estimate of drug-likeness (QED) is 0.884. The Kier molecular flexibility index (Phi) is 4.91. The van der Waals surface area contributed by atoms with Gasteiger partial charge in [-0.05, 0) is 31.5 Å². The first-order chi connectivity index (χ1) is 9.47. The van der Waals surface area contributed by atoms with Gasteiger partial charge in [-0.25, -0.2) is 4.98 Å². The van der Waals surface area contributed by atoms with E-state index in [1.807, 2.05) is 38.1 Å². The molecule has 0 saturated heterocycles. The van der Waals surface area contributed by atoms with Crippen LogP contribution in [0.1, 0.15) is 47.0 Å².